The second-order valence-corrected chi connectivity index (χ2v) is 34.0. The van der Waals surface area contributed by atoms with Crippen LogP contribution in [0.5, 0.6) is 0 Å². The van der Waals surface area contributed by atoms with Crippen LogP contribution in [0.2, 0.25) is 0 Å². The predicted octanol–water partition coefficient (Wildman–Crippen LogP) is 23.9. The van der Waals surface area contributed by atoms with Gasteiger partial charge in [0.1, 0.15) is 61.0 Å². The molecule has 2 heterocycles. The number of hydrogen-bond acceptors (Lipinski definition) is 22. The number of allylic oxidation sites excluding steroid dienone is 2. The van der Waals surface area contributed by atoms with Crippen LogP contribution in [0.25, 0.3) is 0 Å². The maximum absolute atomic E-state index is 13.6. The largest absolute Gasteiger partial charge is 0.466 e. The Morgan fingerprint density at radius 1 is 0.254 bits per heavy atom. The van der Waals surface area contributed by atoms with Gasteiger partial charge in [0.15, 0.2) is 0 Å². The Morgan fingerprint density at radius 3 is 0.877 bits per heavy atom. The van der Waals surface area contributed by atoms with Gasteiger partial charge in [-0.25, -0.2) is 0 Å². The molecule has 22 heteroatoms. The second-order valence-electron chi connectivity index (χ2n) is 34.0. The van der Waals surface area contributed by atoms with Crippen LogP contribution >= 0.6 is 0 Å². The third kappa shape index (κ3) is 60.6. The highest BCUT2D eigenvalue weighted by molar-refractivity contribution is 5.73. The lowest BCUT2D eigenvalue weighted by Gasteiger charge is -2.45. The first-order chi connectivity index (χ1) is 59.8. The number of carbonyl (C=O) groups excluding carboxylic acids is 6. The summed E-state index contributed by atoms with van der Waals surface area (Å²) in [4.78, 5) is 78.6. The van der Waals surface area contributed by atoms with Gasteiger partial charge in [-0.05, 0) is 141 Å². The van der Waals surface area contributed by atoms with Crippen LogP contribution in [-0.4, -0.2) is 189 Å². The van der Waals surface area contributed by atoms with Gasteiger partial charge in [0.2, 0.25) is 12.6 Å². The van der Waals surface area contributed by atoms with Crippen LogP contribution in [0.1, 0.15) is 429 Å². The zero-order valence-corrected chi connectivity index (χ0v) is 79.3. The fourth-order valence-electron chi connectivity index (χ4n) is 14.7. The van der Waals surface area contributed by atoms with E-state index in [1.165, 1.54) is 0 Å². The van der Waals surface area contributed by atoms with Crippen molar-refractivity contribution in [3.05, 3.63) is 24.3 Å². The van der Waals surface area contributed by atoms with Crippen molar-refractivity contribution in [1.82, 2.24) is 0 Å². The Kier molecular flexibility index (Phi) is 77.1. The van der Waals surface area contributed by atoms with E-state index in [1.807, 2.05) is 0 Å². The molecule has 12 atom stereocenters. The number of unbranched alkanes of at least 4 members (excludes halogenated alkanes) is 31. The minimum atomic E-state index is -1.02. The van der Waals surface area contributed by atoms with Crippen molar-refractivity contribution in [2.45, 2.75) is 502 Å². The highest BCUT2D eigenvalue weighted by Gasteiger charge is 2.52. The molecule has 0 aromatic rings. The van der Waals surface area contributed by atoms with Gasteiger partial charge in [-0.3, -0.25) is 28.8 Å². The molecule has 0 saturated carbocycles. The third-order valence-electron chi connectivity index (χ3n) is 22.5. The zero-order chi connectivity index (χ0) is 88.6. The van der Waals surface area contributed by atoms with Crippen molar-refractivity contribution < 1.29 is 105 Å². The maximum Gasteiger partial charge on any atom is 0.308 e. The van der Waals surface area contributed by atoms with Crippen molar-refractivity contribution in [3.8, 4) is 0 Å². The van der Waals surface area contributed by atoms with Crippen molar-refractivity contribution in [1.29, 1.82) is 0 Å². The Hall–Kier alpha value is -4.10. The highest BCUT2D eigenvalue weighted by atomic mass is 16.8. The van der Waals surface area contributed by atoms with E-state index in [0.29, 0.717) is 105 Å². The minimum Gasteiger partial charge on any atom is -0.466 e. The van der Waals surface area contributed by atoms with E-state index in [-0.39, 0.29) is 75.0 Å². The fraction of sp³-hybridized carbons (Fsp3) is 0.900. The molecule has 0 aromatic carbocycles. The predicted molar refractivity (Wildman–Crippen MR) is 485 cm³/mol. The Balaban J connectivity index is 1.59. The van der Waals surface area contributed by atoms with Crippen LogP contribution < -0.4 is 0 Å². The fourth-order valence-corrected chi connectivity index (χ4v) is 14.7. The van der Waals surface area contributed by atoms with Gasteiger partial charge in [-0.2, -0.15) is 0 Å². The molecule has 22 nitrogen and oxygen atoms in total. The molecule has 122 heavy (non-hydrogen) atoms. The normalized spacial score (nSPS) is 19.8. The SMILES string of the molecule is CCCCCC[C@H](C/C=C\CCCCCCCC(=O)OCCCCCCCCCCOC(=O)CCCCCCC/C=C\C[C@@H](CCCCCC)OC(=O)CCCC(=O)O[C@@H]1OC(COCCCC)[C@H](OCCCC)C(OCCCC)[C@@H]1OCCCC)OC(=O)CCCC(=O)O[C@@H]1OC(COCCCC)[C@H](OCCCC)C(OCCCC)[C@@H]1OCCCC. The van der Waals surface area contributed by atoms with Crippen molar-refractivity contribution >= 4 is 35.8 Å². The number of esters is 6. The summed E-state index contributed by atoms with van der Waals surface area (Å²) in [5, 5.41) is 0. The molecule has 0 aliphatic carbocycles. The van der Waals surface area contributed by atoms with Gasteiger partial charge in [0, 0.05) is 104 Å². The number of ether oxygens (including phenoxy) is 16. The standard InChI is InChI=1S/C100H182O22/c1-11-21-31-51-61-83(117-89(103)67-59-69-91(105)121-99-97(115-77-29-19-9)95(113-75-27-17-7)93(111-73-25-15-5)85(119-99)81-107-71-23-13-3)63-53-45-39-33-35-41-47-55-65-87(101)109-79-57-49-43-37-38-44-50-58-80-110-88(102)66-56-48-42-36-34-40-46-54-64-84(62-52-32-22-12-2)118-90(104)68-60-70-92(106)122-100-98(116-78-30-20-10)96(114-76-28-18-8)94(112-74-26-16-6)86(120-100)82-108-72-24-14-4/h45-46,53-54,83-86,93-100H,11-44,47-52,55-82H2,1-10H3/b53-45-,54-46-/t83-,84-,85?,86?,93+,94+,95?,96?,97+,98+,99+,100+/m1/s1. The number of hydrogen-bond donors (Lipinski definition) is 0. The molecule has 714 valence electrons. The minimum absolute atomic E-state index is 0.0323. The summed E-state index contributed by atoms with van der Waals surface area (Å²) in [6, 6.07) is 0. The van der Waals surface area contributed by atoms with E-state index < -0.39 is 73.4 Å². The monoisotopic (exact) mass is 1740 g/mol. The van der Waals surface area contributed by atoms with Gasteiger partial charge in [0.05, 0.1) is 26.4 Å². The van der Waals surface area contributed by atoms with E-state index in [2.05, 4.69) is 93.5 Å². The van der Waals surface area contributed by atoms with E-state index in [4.69, 9.17) is 75.8 Å². The van der Waals surface area contributed by atoms with E-state index in [0.717, 1.165) is 295 Å². The Labute approximate surface area is 742 Å². The van der Waals surface area contributed by atoms with Crippen LogP contribution in [0, 0.1) is 0 Å². The number of rotatable bonds is 87. The first-order valence-corrected chi connectivity index (χ1v) is 50.3. The smallest absolute Gasteiger partial charge is 0.308 e. The van der Waals surface area contributed by atoms with Crippen LogP contribution in [-0.2, 0) is 105 Å². The van der Waals surface area contributed by atoms with Crippen molar-refractivity contribution in [2.24, 2.45) is 0 Å². The summed E-state index contributed by atoms with van der Waals surface area (Å²) in [7, 11) is 0. The molecule has 0 radical (unpaired) electrons. The summed E-state index contributed by atoms with van der Waals surface area (Å²) in [6.45, 7) is 27.1. The lowest BCUT2D eigenvalue weighted by atomic mass is 9.98. The molecular formula is C100H182O22. The van der Waals surface area contributed by atoms with Crippen molar-refractivity contribution in [3.63, 3.8) is 0 Å². The van der Waals surface area contributed by atoms with Gasteiger partial charge in [0.25, 0.3) is 0 Å². The van der Waals surface area contributed by atoms with E-state index >= 15 is 0 Å². The summed E-state index contributed by atoms with van der Waals surface area (Å²) in [6.07, 6.45) is 50.6. The topological polar surface area (TPSA) is 250 Å². The molecule has 0 amide bonds. The lowest BCUT2D eigenvalue weighted by Crippen LogP contribution is -2.62. The van der Waals surface area contributed by atoms with Gasteiger partial charge >= 0.3 is 35.8 Å². The zero-order valence-electron chi connectivity index (χ0n) is 79.3. The first kappa shape index (κ1) is 114. The summed E-state index contributed by atoms with van der Waals surface area (Å²) in [5.41, 5.74) is 0. The quantitative estimate of drug-likeness (QED) is 0.0237. The average Bonchev–Trinajstić information content (AvgIpc) is 0.795. The molecule has 0 N–H and O–H groups in total. The van der Waals surface area contributed by atoms with Gasteiger partial charge in [-0.1, -0.05) is 260 Å². The first-order valence-electron chi connectivity index (χ1n) is 50.3. The molecule has 2 fully saturated rings. The summed E-state index contributed by atoms with van der Waals surface area (Å²) < 4.78 is 99.5. The molecular weight excluding hydrogens is 1550 g/mol. The highest BCUT2D eigenvalue weighted by Crippen LogP contribution is 2.34. The van der Waals surface area contributed by atoms with Crippen LogP contribution in [0.4, 0.5) is 0 Å². The summed E-state index contributed by atoms with van der Waals surface area (Å²) >= 11 is 0. The van der Waals surface area contributed by atoms with Gasteiger partial charge in [-0.15, -0.1) is 0 Å². The second kappa shape index (κ2) is 82.6. The van der Waals surface area contributed by atoms with Crippen molar-refractivity contribution in [2.75, 3.05) is 79.3 Å². The molecule has 4 unspecified atom stereocenters. The Bertz CT molecular complexity index is 2330. The third-order valence-corrected chi connectivity index (χ3v) is 22.5. The molecule has 2 rings (SSSR count). The molecule has 0 aromatic heterocycles. The molecule has 2 saturated heterocycles. The number of carbonyl (C=O) groups is 6. The summed E-state index contributed by atoms with van der Waals surface area (Å²) in [5.74, 6) is -1.75. The van der Waals surface area contributed by atoms with Crippen LogP contribution in [0.15, 0.2) is 24.3 Å². The average molecular weight is 1740 g/mol. The van der Waals surface area contributed by atoms with Gasteiger partial charge < -0.3 is 75.8 Å². The molecule has 2 aliphatic rings. The van der Waals surface area contributed by atoms with E-state index in [9.17, 15) is 28.8 Å². The Morgan fingerprint density at radius 2 is 0.533 bits per heavy atom. The molecule has 0 spiro atoms. The molecule has 2 aliphatic heterocycles. The molecule has 0 bridgehead atoms. The lowest BCUT2D eigenvalue weighted by molar-refractivity contribution is -0.316. The van der Waals surface area contributed by atoms with Crippen LogP contribution in [0.3, 0.4) is 0 Å². The maximum atomic E-state index is 13.6. The van der Waals surface area contributed by atoms with E-state index in [1.54, 1.807) is 0 Å².